The van der Waals surface area contributed by atoms with E-state index in [0.29, 0.717) is 23.7 Å². The lowest BCUT2D eigenvalue weighted by Crippen LogP contribution is -2.15. The number of nitrogens with one attached hydrogen (secondary N) is 1. The number of carbonyl (C=O) groups excluding carboxylic acids is 1. The summed E-state index contributed by atoms with van der Waals surface area (Å²) < 4.78 is 16.2. The second-order valence-corrected chi connectivity index (χ2v) is 6.10. The highest BCUT2D eigenvalue weighted by Gasteiger charge is 2.25. The van der Waals surface area contributed by atoms with Crippen molar-refractivity contribution in [3.05, 3.63) is 47.3 Å². The van der Waals surface area contributed by atoms with E-state index in [4.69, 9.17) is 13.8 Å². The minimum absolute atomic E-state index is 0.254. The molecule has 0 fully saturated rings. The molecular formula is C19H19N3O4. The van der Waals surface area contributed by atoms with Crippen molar-refractivity contribution in [1.29, 1.82) is 0 Å². The number of anilines is 1. The number of rotatable bonds is 5. The number of aryl methyl sites for hydroxylation is 1. The molecule has 3 aromatic rings. The summed E-state index contributed by atoms with van der Waals surface area (Å²) in [6.45, 7) is 2.47. The SMILES string of the molecule is CCOc1ccccc1-c1cc(NC(=O)c2noc3c2CCCC3)on1. The number of hydrogen-bond acceptors (Lipinski definition) is 6. The molecule has 4 rings (SSSR count). The molecule has 2 aromatic heterocycles. The first-order valence-corrected chi connectivity index (χ1v) is 8.74. The zero-order chi connectivity index (χ0) is 17.9. The van der Waals surface area contributed by atoms with Gasteiger partial charge in [0.05, 0.1) is 6.61 Å². The fourth-order valence-electron chi connectivity index (χ4n) is 3.15. The number of hydrogen-bond donors (Lipinski definition) is 1. The van der Waals surface area contributed by atoms with Crippen LogP contribution in [0.5, 0.6) is 5.75 Å². The van der Waals surface area contributed by atoms with E-state index in [9.17, 15) is 4.79 Å². The normalized spacial score (nSPS) is 13.3. The van der Waals surface area contributed by atoms with Crippen molar-refractivity contribution in [2.75, 3.05) is 11.9 Å². The van der Waals surface area contributed by atoms with Gasteiger partial charge in [-0.25, -0.2) is 0 Å². The highest BCUT2D eigenvalue weighted by Crippen LogP contribution is 2.31. The van der Waals surface area contributed by atoms with E-state index in [1.165, 1.54) is 0 Å². The summed E-state index contributed by atoms with van der Waals surface area (Å²) in [4.78, 5) is 12.5. The molecule has 0 saturated carbocycles. The molecule has 0 aliphatic heterocycles. The van der Waals surface area contributed by atoms with Gasteiger partial charge in [0.25, 0.3) is 5.91 Å². The molecule has 1 N–H and O–H groups in total. The van der Waals surface area contributed by atoms with E-state index in [1.54, 1.807) is 6.07 Å². The highest BCUT2D eigenvalue weighted by molar-refractivity contribution is 6.03. The molecule has 0 bridgehead atoms. The van der Waals surface area contributed by atoms with Gasteiger partial charge in [-0.2, -0.15) is 0 Å². The Morgan fingerprint density at radius 2 is 2.04 bits per heavy atom. The van der Waals surface area contributed by atoms with Gasteiger partial charge in [0, 0.05) is 23.6 Å². The number of ether oxygens (including phenoxy) is 1. The van der Waals surface area contributed by atoms with Gasteiger partial charge in [0.1, 0.15) is 17.2 Å². The predicted molar refractivity (Wildman–Crippen MR) is 94.2 cm³/mol. The minimum Gasteiger partial charge on any atom is -0.493 e. The maximum atomic E-state index is 12.5. The van der Waals surface area contributed by atoms with Crippen molar-refractivity contribution in [1.82, 2.24) is 10.3 Å². The first-order valence-electron chi connectivity index (χ1n) is 8.74. The molecular weight excluding hydrogens is 334 g/mol. The van der Waals surface area contributed by atoms with Crippen LogP contribution < -0.4 is 10.1 Å². The van der Waals surface area contributed by atoms with Gasteiger partial charge in [0.2, 0.25) is 5.88 Å². The molecule has 1 aromatic carbocycles. The van der Waals surface area contributed by atoms with Crippen LogP contribution in [-0.2, 0) is 12.8 Å². The van der Waals surface area contributed by atoms with Crippen molar-refractivity contribution < 1.29 is 18.6 Å². The molecule has 2 heterocycles. The Labute approximate surface area is 150 Å². The predicted octanol–water partition coefficient (Wildman–Crippen LogP) is 3.86. The van der Waals surface area contributed by atoms with Crippen LogP contribution in [0.15, 0.2) is 39.4 Å². The second-order valence-electron chi connectivity index (χ2n) is 6.10. The van der Waals surface area contributed by atoms with Gasteiger partial charge in [-0.05, 0) is 38.3 Å². The molecule has 0 unspecified atom stereocenters. The third kappa shape index (κ3) is 3.08. The maximum absolute atomic E-state index is 12.5. The van der Waals surface area contributed by atoms with Crippen LogP contribution in [0.1, 0.15) is 41.6 Å². The average Bonchev–Trinajstić information content (AvgIpc) is 3.29. The Morgan fingerprint density at radius 1 is 1.19 bits per heavy atom. The van der Waals surface area contributed by atoms with Crippen LogP contribution in [0.3, 0.4) is 0 Å². The number of fused-ring (bicyclic) bond motifs is 1. The van der Waals surface area contributed by atoms with Gasteiger partial charge in [-0.1, -0.05) is 22.4 Å². The lowest BCUT2D eigenvalue weighted by Gasteiger charge is -2.08. The average molecular weight is 353 g/mol. The summed E-state index contributed by atoms with van der Waals surface area (Å²) in [5.74, 6) is 1.43. The van der Waals surface area contributed by atoms with E-state index in [0.717, 1.165) is 42.6 Å². The monoisotopic (exact) mass is 353 g/mol. The standard InChI is InChI=1S/C19H19N3O4/c1-2-24-15-9-5-3-7-12(15)14-11-17(26-21-14)20-19(23)18-13-8-4-6-10-16(13)25-22-18/h3,5,7,9,11H,2,4,6,8,10H2,1H3,(H,20,23). The summed E-state index contributed by atoms with van der Waals surface area (Å²) in [6, 6.07) is 9.22. The number of amides is 1. The lowest BCUT2D eigenvalue weighted by molar-refractivity contribution is 0.101. The zero-order valence-corrected chi connectivity index (χ0v) is 14.4. The van der Waals surface area contributed by atoms with E-state index >= 15 is 0 Å². The van der Waals surface area contributed by atoms with E-state index in [2.05, 4.69) is 15.6 Å². The summed E-state index contributed by atoms with van der Waals surface area (Å²) in [7, 11) is 0. The maximum Gasteiger partial charge on any atom is 0.280 e. The first-order chi connectivity index (χ1) is 12.8. The molecule has 7 nitrogen and oxygen atoms in total. The summed E-state index contributed by atoms with van der Waals surface area (Å²) in [5.41, 5.74) is 2.62. The Balaban J connectivity index is 1.54. The Kier molecular flexibility index (Phi) is 4.43. The number of nitrogens with zero attached hydrogens (tertiary/aromatic N) is 2. The van der Waals surface area contributed by atoms with E-state index in [-0.39, 0.29) is 11.8 Å². The van der Waals surface area contributed by atoms with Crippen LogP contribution in [0, 0.1) is 0 Å². The fourth-order valence-corrected chi connectivity index (χ4v) is 3.15. The zero-order valence-electron chi connectivity index (χ0n) is 14.4. The third-order valence-corrected chi connectivity index (χ3v) is 4.37. The van der Waals surface area contributed by atoms with Gasteiger partial charge in [0.15, 0.2) is 5.69 Å². The topological polar surface area (TPSA) is 90.4 Å². The summed E-state index contributed by atoms with van der Waals surface area (Å²) >= 11 is 0. The molecule has 0 spiro atoms. The third-order valence-electron chi connectivity index (χ3n) is 4.37. The van der Waals surface area contributed by atoms with Gasteiger partial charge in [-0.3, -0.25) is 10.1 Å². The number of benzene rings is 1. The Morgan fingerprint density at radius 3 is 2.92 bits per heavy atom. The van der Waals surface area contributed by atoms with Crippen LogP contribution in [0.4, 0.5) is 5.88 Å². The molecule has 1 amide bonds. The molecule has 1 aliphatic carbocycles. The molecule has 1 aliphatic rings. The fraction of sp³-hybridized carbons (Fsp3) is 0.316. The smallest absolute Gasteiger partial charge is 0.280 e. The van der Waals surface area contributed by atoms with Crippen molar-refractivity contribution in [3.8, 4) is 17.0 Å². The summed E-state index contributed by atoms with van der Waals surface area (Å²) in [6.07, 6.45) is 3.74. The molecule has 7 heteroatoms. The van der Waals surface area contributed by atoms with Crippen LogP contribution >= 0.6 is 0 Å². The number of para-hydroxylation sites is 1. The second kappa shape index (κ2) is 7.03. The van der Waals surface area contributed by atoms with Crippen molar-refractivity contribution in [2.24, 2.45) is 0 Å². The van der Waals surface area contributed by atoms with Crippen molar-refractivity contribution in [2.45, 2.75) is 32.6 Å². The number of carbonyl (C=O) groups is 1. The molecule has 26 heavy (non-hydrogen) atoms. The minimum atomic E-state index is -0.349. The van der Waals surface area contributed by atoms with E-state index in [1.807, 2.05) is 31.2 Å². The van der Waals surface area contributed by atoms with Crippen molar-refractivity contribution >= 4 is 11.8 Å². The number of aromatic nitrogens is 2. The highest BCUT2D eigenvalue weighted by atomic mass is 16.5. The largest absolute Gasteiger partial charge is 0.493 e. The van der Waals surface area contributed by atoms with Crippen LogP contribution in [0.25, 0.3) is 11.3 Å². The van der Waals surface area contributed by atoms with Crippen LogP contribution in [-0.4, -0.2) is 22.8 Å². The molecule has 0 radical (unpaired) electrons. The molecule has 134 valence electrons. The lowest BCUT2D eigenvalue weighted by atomic mass is 9.96. The Hall–Kier alpha value is -3.09. The molecule has 0 atom stereocenters. The first kappa shape index (κ1) is 16.4. The van der Waals surface area contributed by atoms with Gasteiger partial charge < -0.3 is 13.8 Å². The molecule has 0 saturated heterocycles. The Bertz CT molecular complexity index is 929. The van der Waals surface area contributed by atoms with Crippen LogP contribution in [0.2, 0.25) is 0 Å². The van der Waals surface area contributed by atoms with E-state index < -0.39 is 0 Å². The van der Waals surface area contributed by atoms with Crippen molar-refractivity contribution in [3.63, 3.8) is 0 Å². The van der Waals surface area contributed by atoms with Gasteiger partial charge in [-0.15, -0.1) is 0 Å². The summed E-state index contributed by atoms with van der Waals surface area (Å²) in [5, 5.41) is 10.7. The van der Waals surface area contributed by atoms with Gasteiger partial charge >= 0.3 is 0 Å². The quantitative estimate of drug-likeness (QED) is 0.749.